The predicted octanol–water partition coefficient (Wildman–Crippen LogP) is 2.94. The first-order valence-corrected chi connectivity index (χ1v) is 9.34. The molecule has 0 bridgehead atoms. The minimum Gasteiger partial charge on any atom is -0.467 e. The summed E-state index contributed by atoms with van der Waals surface area (Å²) in [5.74, 6) is 1.14. The number of carbonyl (C=O) groups is 2. The fourth-order valence-electron chi connectivity index (χ4n) is 3.76. The van der Waals surface area contributed by atoms with Gasteiger partial charge >= 0.3 is 0 Å². The van der Waals surface area contributed by atoms with Crippen LogP contribution in [0.5, 0.6) is 0 Å². The molecule has 2 amide bonds. The number of furan rings is 1. The Labute approximate surface area is 153 Å². The van der Waals surface area contributed by atoms with E-state index in [2.05, 4.69) is 17.4 Å². The number of hydrogen-bond donors (Lipinski definition) is 1. The van der Waals surface area contributed by atoms with E-state index in [-0.39, 0.29) is 29.6 Å². The summed E-state index contributed by atoms with van der Waals surface area (Å²) in [5, 5.41) is 2.96. The highest BCUT2D eigenvalue weighted by Gasteiger charge is 2.39. The molecule has 0 radical (unpaired) electrons. The van der Waals surface area contributed by atoms with Crippen molar-refractivity contribution in [1.29, 1.82) is 0 Å². The van der Waals surface area contributed by atoms with Crippen LogP contribution in [0.1, 0.15) is 36.5 Å². The highest BCUT2D eigenvalue weighted by molar-refractivity contribution is 5.83. The van der Waals surface area contributed by atoms with Gasteiger partial charge in [0.15, 0.2) is 0 Å². The Kier molecular flexibility index (Phi) is 4.78. The molecule has 2 atom stereocenters. The van der Waals surface area contributed by atoms with Crippen LogP contribution in [0.4, 0.5) is 0 Å². The molecule has 4 rings (SSSR count). The first-order chi connectivity index (χ1) is 12.7. The summed E-state index contributed by atoms with van der Waals surface area (Å²) in [7, 11) is 0. The Morgan fingerprint density at radius 1 is 1.04 bits per heavy atom. The summed E-state index contributed by atoms with van der Waals surface area (Å²) in [6.07, 6.45) is 4.34. The largest absolute Gasteiger partial charge is 0.467 e. The van der Waals surface area contributed by atoms with E-state index in [1.54, 1.807) is 6.26 Å². The topological polar surface area (TPSA) is 62.6 Å². The van der Waals surface area contributed by atoms with Crippen molar-refractivity contribution in [3.05, 3.63) is 60.1 Å². The summed E-state index contributed by atoms with van der Waals surface area (Å²) in [4.78, 5) is 27.3. The average Bonchev–Trinajstić information content (AvgIpc) is 3.41. The lowest BCUT2D eigenvalue weighted by Gasteiger charge is -2.37. The molecule has 2 aliphatic rings. The van der Waals surface area contributed by atoms with Crippen LogP contribution in [-0.4, -0.2) is 29.8 Å². The second-order valence-electron chi connectivity index (χ2n) is 7.35. The number of hydrogen-bond acceptors (Lipinski definition) is 3. The van der Waals surface area contributed by atoms with Crippen molar-refractivity contribution in [2.75, 3.05) is 13.1 Å². The standard InChI is InChI=1S/C21H24N2O3/c24-20(22-12-19-7-4-10-26-19)18-11-17(15-5-2-1-3-6-15)13-23(14-18)21(25)16-8-9-16/h1-7,10,16-18H,8-9,11-14H2,(H,22,24)/t17-,18+/m1/s1. The summed E-state index contributed by atoms with van der Waals surface area (Å²) < 4.78 is 5.28. The molecule has 2 aromatic rings. The molecule has 1 aliphatic heterocycles. The van der Waals surface area contributed by atoms with Gasteiger partial charge in [0.05, 0.1) is 18.7 Å². The maximum atomic E-state index is 12.7. The van der Waals surface area contributed by atoms with Gasteiger partial charge in [0.2, 0.25) is 11.8 Å². The maximum Gasteiger partial charge on any atom is 0.225 e. The van der Waals surface area contributed by atoms with Crippen LogP contribution in [0.25, 0.3) is 0 Å². The van der Waals surface area contributed by atoms with Crippen molar-refractivity contribution in [1.82, 2.24) is 10.2 Å². The predicted molar refractivity (Wildman–Crippen MR) is 97.1 cm³/mol. The lowest BCUT2D eigenvalue weighted by atomic mass is 9.84. The van der Waals surface area contributed by atoms with E-state index in [9.17, 15) is 9.59 Å². The molecule has 1 aliphatic carbocycles. The number of carbonyl (C=O) groups excluding carboxylic acids is 2. The third-order valence-electron chi connectivity index (χ3n) is 5.35. The lowest BCUT2D eigenvalue weighted by Crippen LogP contribution is -2.48. The van der Waals surface area contributed by atoms with Gasteiger partial charge in [0.1, 0.15) is 5.76 Å². The number of rotatable bonds is 5. The highest BCUT2D eigenvalue weighted by Crippen LogP contribution is 2.36. The third kappa shape index (κ3) is 3.82. The van der Waals surface area contributed by atoms with E-state index >= 15 is 0 Å². The number of nitrogens with zero attached hydrogens (tertiary/aromatic N) is 1. The molecule has 1 aromatic heterocycles. The monoisotopic (exact) mass is 352 g/mol. The van der Waals surface area contributed by atoms with Crippen LogP contribution in [0.15, 0.2) is 53.1 Å². The first-order valence-electron chi connectivity index (χ1n) is 9.34. The van der Waals surface area contributed by atoms with Gasteiger partial charge in [-0.15, -0.1) is 0 Å². The number of amides is 2. The molecular weight excluding hydrogens is 328 g/mol. The van der Waals surface area contributed by atoms with E-state index in [0.29, 0.717) is 19.6 Å². The van der Waals surface area contributed by atoms with Crippen LogP contribution >= 0.6 is 0 Å². The van der Waals surface area contributed by atoms with Crippen molar-refractivity contribution in [2.45, 2.75) is 31.7 Å². The molecule has 136 valence electrons. The van der Waals surface area contributed by atoms with Crippen molar-refractivity contribution in [2.24, 2.45) is 11.8 Å². The smallest absolute Gasteiger partial charge is 0.225 e. The minimum absolute atomic E-state index is 0.00405. The SMILES string of the molecule is O=C(NCc1ccco1)[C@H]1C[C@@H](c2ccccc2)CN(C(=O)C2CC2)C1. The molecule has 1 saturated carbocycles. The molecule has 0 spiro atoms. The second-order valence-corrected chi connectivity index (χ2v) is 7.35. The Balaban J connectivity index is 1.47. The fourth-order valence-corrected chi connectivity index (χ4v) is 3.76. The van der Waals surface area contributed by atoms with E-state index in [1.807, 2.05) is 35.2 Å². The Morgan fingerprint density at radius 2 is 1.85 bits per heavy atom. The van der Waals surface area contributed by atoms with E-state index < -0.39 is 0 Å². The number of benzene rings is 1. The number of nitrogens with one attached hydrogen (secondary N) is 1. The van der Waals surface area contributed by atoms with Crippen LogP contribution in [0.3, 0.4) is 0 Å². The van der Waals surface area contributed by atoms with Gasteiger partial charge < -0.3 is 14.6 Å². The van der Waals surface area contributed by atoms with Crippen LogP contribution in [-0.2, 0) is 16.1 Å². The highest BCUT2D eigenvalue weighted by atomic mass is 16.3. The Bertz CT molecular complexity index is 753. The summed E-state index contributed by atoms with van der Waals surface area (Å²) in [6, 6.07) is 13.9. The third-order valence-corrected chi connectivity index (χ3v) is 5.35. The zero-order chi connectivity index (χ0) is 17.9. The fraction of sp³-hybridized carbons (Fsp3) is 0.429. The van der Waals surface area contributed by atoms with Crippen LogP contribution in [0, 0.1) is 11.8 Å². The maximum absolute atomic E-state index is 12.7. The molecule has 0 unspecified atom stereocenters. The molecular formula is C21H24N2O3. The average molecular weight is 352 g/mol. The Hall–Kier alpha value is -2.56. The van der Waals surface area contributed by atoms with Gasteiger partial charge in [0.25, 0.3) is 0 Å². The normalized spacial score (nSPS) is 22.8. The van der Waals surface area contributed by atoms with E-state index in [0.717, 1.165) is 25.0 Å². The molecule has 5 nitrogen and oxygen atoms in total. The van der Waals surface area contributed by atoms with Gasteiger partial charge in [-0.3, -0.25) is 9.59 Å². The lowest BCUT2D eigenvalue weighted by molar-refractivity contribution is -0.137. The zero-order valence-corrected chi connectivity index (χ0v) is 14.8. The second kappa shape index (κ2) is 7.36. The zero-order valence-electron chi connectivity index (χ0n) is 14.8. The van der Waals surface area contributed by atoms with Crippen LogP contribution < -0.4 is 5.32 Å². The van der Waals surface area contributed by atoms with Crippen LogP contribution in [0.2, 0.25) is 0 Å². The van der Waals surface area contributed by atoms with Gasteiger partial charge in [-0.05, 0) is 37.0 Å². The molecule has 1 aromatic carbocycles. The van der Waals surface area contributed by atoms with E-state index in [4.69, 9.17) is 4.42 Å². The quantitative estimate of drug-likeness (QED) is 0.900. The van der Waals surface area contributed by atoms with Gasteiger partial charge in [0, 0.05) is 24.9 Å². The molecule has 1 saturated heterocycles. The van der Waals surface area contributed by atoms with E-state index in [1.165, 1.54) is 5.56 Å². The molecule has 1 N–H and O–H groups in total. The number of piperidine rings is 1. The molecule has 2 heterocycles. The van der Waals surface area contributed by atoms with Gasteiger partial charge in [-0.1, -0.05) is 30.3 Å². The van der Waals surface area contributed by atoms with Gasteiger partial charge in [-0.25, -0.2) is 0 Å². The first kappa shape index (κ1) is 16.9. The summed E-state index contributed by atoms with van der Waals surface area (Å²) in [6.45, 7) is 1.61. The van der Waals surface area contributed by atoms with Gasteiger partial charge in [-0.2, -0.15) is 0 Å². The van der Waals surface area contributed by atoms with Crippen molar-refractivity contribution in [3.63, 3.8) is 0 Å². The summed E-state index contributed by atoms with van der Waals surface area (Å²) >= 11 is 0. The van der Waals surface area contributed by atoms with Crippen molar-refractivity contribution < 1.29 is 14.0 Å². The van der Waals surface area contributed by atoms with Crippen molar-refractivity contribution >= 4 is 11.8 Å². The molecule has 26 heavy (non-hydrogen) atoms. The molecule has 5 heteroatoms. The summed E-state index contributed by atoms with van der Waals surface area (Å²) in [5.41, 5.74) is 1.20. The Morgan fingerprint density at radius 3 is 2.54 bits per heavy atom. The van der Waals surface area contributed by atoms with Crippen molar-refractivity contribution in [3.8, 4) is 0 Å². The number of likely N-dealkylation sites (tertiary alicyclic amines) is 1. The molecule has 2 fully saturated rings. The minimum atomic E-state index is -0.188.